The molecule has 2 aliphatic rings. The molecule has 0 aromatic carbocycles. The number of nitrogens with two attached hydrogens (primary N) is 1. The van der Waals surface area contributed by atoms with Crippen LogP contribution in [0.3, 0.4) is 0 Å². The highest BCUT2D eigenvalue weighted by Gasteiger charge is 2.37. The molecule has 0 aliphatic carbocycles. The molecule has 0 atom stereocenters. The average Bonchev–Trinajstić information content (AvgIpc) is 2.31. The summed E-state index contributed by atoms with van der Waals surface area (Å²) in [6.07, 6.45) is 2.20. The van der Waals surface area contributed by atoms with E-state index in [1.165, 1.54) is 0 Å². The molecule has 2 rings (SSSR count). The van der Waals surface area contributed by atoms with Crippen LogP contribution in [0.15, 0.2) is 0 Å². The van der Waals surface area contributed by atoms with E-state index in [1.54, 1.807) is 0 Å². The maximum atomic E-state index is 5.95. The summed E-state index contributed by atoms with van der Waals surface area (Å²) in [4.78, 5) is 2.56. The predicted molar refractivity (Wildman–Crippen MR) is 56.3 cm³/mol. The first kappa shape index (κ1) is 10.4. The van der Waals surface area contributed by atoms with Gasteiger partial charge in [0.1, 0.15) is 0 Å². The van der Waals surface area contributed by atoms with Crippen LogP contribution in [-0.2, 0) is 4.74 Å². The van der Waals surface area contributed by atoms with E-state index in [-0.39, 0.29) is 5.54 Å². The Kier molecular flexibility index (Phi) is 3.38. The number of nitrogens with zero attached hydrogens (tertiary/aromatic N) is 1. The smallest absolute Gasteiger partial charge is 0.0484 e. The van der Waals surface area contributed by atoms with E-state index in [2.05, 4.69) is 10.2 Å². The quantitative estimate of drug-likeness (QED) is 0.623. The van der Waals surface area contributed by atoms with E-state index in [4.69, 9.17) is 10.5 Å². The number of piperazine rings is 1. The van der Waals surface area contributed by atoms with Gasteiger partial charge in [-0.1, -0.05) is 0 Å². The maximum Gasteiger partial charge on any atom is 0.0484 e. The predicted octanol–water partition coefficient (Wildman–Crippen LogP) is -0.600. The summed E-state index contributed by atoms with van der Waals surface area (Å²) in [6.45, 7) is 7.00. The third-order valence-corrected chi connectivity index (χ3v) is 3.59. The molecule has 2 saturated heterocycles. The first-order valence-corrected chi connectivity index (χ1v) is 5.61. The molecule has 4 nitrogen and oxygen atoms in total. The largest absolute Gasteiger partial charge is 0.381 e. The van der Waals surface area contributed by atoms with Crippen LogP contribution >= 0.6 is 0 Å². The summed E-state index contributed by atoms with van der Waals surface area (Å²) in [5.74, 6) is 0. The lowest BCUT2D eigenvalue weighted by molar-refractivity contribution is -0.0286. The summed E-state index contributed by atoms with van der Waals surface area (Å²) < 4.78 is 5.42. The minimum atomic E-state index is 0.236. The van der Waals surface area contributed by atoms with Gasteiger partial charge in [0.05, 0.1) is 0 Å². The van der Waals surface area contributed by atoms with Crippen molar-refractivity contribution in [1.29, 1.82) is 0 Å². The van der Waals surface area contributed by atoms with E-state index in [0.717, 1.165) is 58.8 Å². The average molecular weight is 199 g/mol. The molecule has 2 aliphatic heterocycles. The molecular weight excluding hydrogens is 178 g/mol. The molecule has 0 spiro atoms. The van der Waals surface area contributed by atoms with Crippen molar-refractivity contribution in [3.63, 3.8) is 0 Å². The molecule has 0 saturated carbocycles. The number of hydrogen-bond donors (Lipinski definition) is 2. The molecule has 2 fully saturated rings. The normalized spacial score (nSPS) is 28.9. The van der Waals surface area contributed by atoms with Crippen molar-refractivity contribution in [2.45, 2.75) is 18.4 Å². The SMILES string of the molecule is NCC1(N2CCNCC2)CCOCC1. The monoisotopic (exact) mass is 199 g/mol. The molecular formula is C10H21N3O. The van der Waals surface area contributed by atoms with Crippen molar-refractivity contribution < 1.29 is 4.74 Å². The van der Waals surface area contributed by atoms with Crippen LogP contribution in [0.2, 0.25) is 0 Å². The van der Waals surface area contributed by atoms with E-state index >= 15 is 0 Å². The highest BCUT2D eigenvalue weighted by Crippen LogP contribution is 2.27. The lowest BCUT2D eigenvalue weighted by atomic mass is 9.87. The Morgan fingerprint density at radius 3 is 2.43 bits per heavy atom. The first-order valence-electron chi connectivity index (χ1n) is 5.61. The lowest BCUT2D eigenvalue weighted by Crippen LogP contribution is -2.61. The van der Waals surface area contributed by atoms with Gasteiger partial charge in [-0.05, 0) is 12.8 Å². The van der Waals surface area contributed by atoms with Gasteiger partial charge in [0, 0.05) is 51.5 Å². The molecule has 4 heteroatoms. The van der Waals surface area contributed by atoms with Crippen LogP contribution < -0.4 is 11.1 Å². The van der Waals surface area contributed by atoms with Crippen molar-refractivity contribution in [3.8, 4) is 0 Å². The lowest BCUT2D eigenvalue weighted by Gasteiger charge is -2.47. The fourth-order valence-electron chi connectivity index (χ4n) is 2.54. The van der Waals surface area contributed by atoms with Crippen LogP contribution in [0.5, 0.6) is 0 Å². The zero-order chi connectivity index (χ0) is 9.86. The van der Waals surface area contributed by atoms with Crippen LogP contribution in [0.25, 0.3) is 0 Å². The third-order valence-electron chi connectivity index (χ3n) is 3.59. The van der Waals surface area contributed by atoms with Gasteiger partial charge in [-0.25, -0.2) is 0 Å². The zero-order valence-electron chi connectivity index (χ0n) is 8.80. The minimum Gasteiger partial charge on any atom is -0.381 e. The van der Waals surface area contributed by atoms with Gasteiger partial charge >= 0.3 is 0 Å². The van der Waals surface area contributed by atoms with E-state index < -0.39 is 0 Å². The molecule has 14 heavy (non-hydrogen) atoms. The summed E-state index contributed by atoms with van der Waals surface area (Å²) in [7, 11) is 0. The van der Waals surface area contributed by atoms with Crippen LogP contribution in [0.4, 0.5) is 0 Å². The van der Waals surface area contributed by atoms with Crippen molar-refractivity contribution in [2.75, 3.05) is 45.9 Å². The van der Waals surface area contributed by atoms with Crippen molar-refractivity contribution in [1.82, 2.24) is 10.2 Å². The molecule has 0 amide bonds. The Hall–Kier alpha value is -0.160. The zero-order valence-corrected chi connectivity index (χ0v) is 8.80. The van der Waals surface area contributed by atoms with Gasteiger partial charge in [-0.3, -0.25) is 4.90 Å². The fourth-order valence-corrected chi connectivity index (χ4v) is 2.54. The summed E-state index contributed by atoms with van der Waals surface area (Å²) in [5.41, 5.74) is 6.19. The van der Waals surface area contributed by atoms with Crippen molar-refractivity contribution in [3.05, 3.63) is 0 Å². The van der Waals surface area contributed by atoms with E-state index in [1.807, 2.05) is 0 Å². The van der Waals surface area contributed by atoms with Crippen LogP contribution in [-0.4, -0.2) is 56.4 Å². The van der Waals surface area contributed by atoms with Gasteiger partial charge in [0.2, 0.25) is 0 Å². The summed E-state index contributed by atoms with van der Waals surface area (Å²) >= 11 is 0. The highest BCUT2D eigenvalue weighted by atomic mass is 16.5. The van der Waals surface area contributed by atoms with Crippen molar-refractivity contribution in [2.24, 2.45) is 5.73 Å². The molecule has 2 heterocycles. The second-order valence-corrected chi connectivity index (χ2v) is 4.28. The van der Waals surface area contributed by atoms with E-state index in [0.29, 0.717) is 0 Å². The summed E-state index contributed by atoms with van der Waals surface area (Å²) in [6, 6.07) is 0. The third kappa shape index (κ3) is 1.93. The van der Waals surface area contributed by atoms with Crippen LogP contribution in [0, 0.1) is 0 Å². The fraction of sp³-hybridized carbons (Fsp3) is 1.00. The van der Waals surface area contributed by atoms with Gasteiger partial charge in [0.15, 0.2) is 0 Å². The first-order chi connectivity index (χ1) is 6.87. The number of hydrogen-bond acceptors (Lipinski definition) is 4. The molecule has 0 unspecified atom stereocenters. The molecule has 3 N–H and O–H groups in total. The van der Waals surface area contributed by atoms with Crippen LogP contribution in [0.1, 0.15) is 12.8 Å². The van der Waals surface area contributed by atoms with Gasteiger partial charge in [-0.2, -0.15) is 0 Å². The Labute approximate surface area is 85.8 Å². The topological polar surface area (TPSA) is 50.5 Å². The standard InChI is InChI=1S/C10H21N3O/c11-9-10(1-7-14-8-2-10)13-5-3-12-4-6-13/h12H,1-9,11H2. The Bertz CT molecular complexity index is 174. The Morgan fingerprint density at radius 2 is 1.86 bits per heavy atom. The molecule has 0 aromatic heterocycles. The molecule has 82 valence electrons. The van der Waals surface area contributed by atoms with Crippen molar-refractivity contribution >= 4 is 0 Å². The Balaban J connectivity index is 2.01. The molecule has 0 bridgehead atoms. The van der Waals surface area contributed by atoms with E-state index in [9.17, 15) is 0 Å². The number of nitrogens with one attached hydrogen (secondary N) is 1. The molecule has 0 aromatic rings. The highest BCUT2D eigenvalue weighted by molar-refractivity contribution is 4.95. The number of rotatable bonds is 2. The van der Waals surface area contributed by atoms with Gasteiger partial charge < -0.3 is 15.8 Å². The van der Waals surface area contributed by atoms with Gasteiger partial charge in [0.25, 0.3) is 0 Å². The Morgan fingerprint density at radius 1 is 1.21 bits per heavy atom. The maximum absolute atomic E-state index is 5.95. The minimum absolute atomic E-state index is 0.236. The summed E-state index contributed by atoms with van der Waals surface area (Å²) in [5, 5.41) is 3.38. The number of ether oxygens (including phenoxy) is 1. The second kappa shape index (κ2) is 4.57. The molecule has 0 radical (unpaired) electrons. The second-order valence-electron chi connectivity index (χ2n) is 4.28. The van der Waals surface area contributed by atoms with Gasteiger partial charge in [-0.15, -0.1) is 0 Å².